The fraction of sp³-hybridized carbons (Fsp3) is 0.278. The predicted molar refractivity (Wildman–Crippen MR) is 83.9 cm³/mol. The number of nitrogens with one attached hydrogen (secondary N) is 1. The third kappa shape index (κ3) is 3.14. The number of nitrogens with zero attached hydrogens (tertiary/aromatic N) is 1. The quantitative estimate of drug-likeness (QED) is 0.933. The van der Waals surface area contributed by atoms with Crippen molar-refractivity contribution in [2.45, 2.75) is 19.0 Å². The summed E-state index contributed by atoms with van der Waals surface area (Å²) >= 11 is 0. The van der Waals surface area contributed by atoms with Crippen LogP contribution in [-0.2, 0) is 4.79 Å². The van der Waals surface area contributed by atoms with E-state index < -0.39 is 0 Å². The van der Waals surface area contributed by atoms with Crippen LogP contribution in [0, 0.1) is 0 Å². The van der Waals surface area contributed by atoms with Crippen LogP contribution in [0.5, 0.6) is 0 Å². The number of benzene rings is 2. The van der Waals surface area contributed by atoms with Crippen molar-refractivity contribution in [1.29, 1.82) is 0 Å². The molecule has 21 heavy (non-hydrogen) atoms. The van der Waals surface area contributed by atoms with Gasteiger partial charge in [0.1, 0.15) is 0 Å². The van der Waals surface area contributed by atoms with Gasteiger partial charge in [-0.25, -0.2) is 0 Å². The van der Waals surface area contributed by atoms with Gasteiger partial charge < -0.3 is 5.32 Å². The molecule has 3 rings (SSSR count). The van der Waals surface area contributed by atoms with E-state index in [0.29, 0.717) is 0 Å². The lowest BCUT2D eigenvalue weighted by Gasteiger charge is -2.44. The van der Waals surface area contributed by atoms with E-state index in [1.54, 1.807) is 6.92 Å². The van der Waals surface area contributed by atoms with E-state index in [4.69, 9.17) is 0 Å². The van der Waals surface area contributed by atoms with Crippen molar-refractivity contribution in [3.8, 4) is 0 Å². The van der Waals surface area contributed by atoms with Gasteiger partial charge in [0.2, 0.25) is 5.91 Å². The minimum absolute atomic E-state index is 0.0515. The third-order valence-electron chi connectivity index (χ3n) is 3.91. The fourth-order valence-electron chi connectivity index (χ4n) is 2.99. The summed E-state index contributed by atoms with van der Waals surface area (Å²) < 4.78 is 0. The molecule has 1 fully saturated rings. The second-order valence-electron chi connectivity index (χ2n) is 5.58. The van der Waals surface area contributed by atoms with Crippen LogP contribution in [0.15, 0.2) is 60.7 Å². The lowest BCUT2D eigenvalue weighted by molar-refractivity contribution is -0.121. The Morgan fingerprint density at radius 3 is 1.90 bits per heavy atom. The van der Waals surface area contributed by atoms with Gasteiger partial charge in [0, 0.05) is 20.0 Å². The molecule has 108 valence electrons. The van der Waals surface area contributed by atoms with Gasteiger partial charge in [0.25, 0.3) is 0 Å². The molecule has 0 radical (unpaired) electrons. The normalized spacial score (nSPS) is 15.7. The number of amides is 1. The molecular weight excluding hydrogens is 260 g/mol. The SMILES string of the molecule is CC(=O)NC1CN(C(c2ccccc2)c2ccccc2)C1. The van der Waals surface area contributed by atoms with Gasteiger partial charge in [-0.1, -0.05) is 60.7 Å². The first kappa shape index (κ1) is 13.8. The summed E-state index contributed by atoms with van der Waals surface area (Å²) in [5, 5.41) is 2.99. The molecule has 0 saturated carbocycles. The highest BCUT2D eigenvalue weighted by Crippen LogP contribution is 2.32. The average Bonchev–Trinajstić information content (AvgIpc) is 2.47. The molecule has 1 aliphatic heterocycles. The molecule has 3 heteroatoms. The number of carbonyl (C=O) groups is 1. The summed E-state index contributed by atoms with van der Waals surface area (Å²) in [5.74, 6) is 0.0515. The van der Waals surface area contributed by atoms with Crippen LogP contribution in [0.1, 0.15) is 24.1 Å². The molecule has 2 aromatic carbocycles. The zero-order chi connectivity index (χ0) is 14.7. The van der Waals surface area contributed by atoms with E-state index in [-0.39, 0.29) is 18.0 Å². The number of likely N-dealkylation sites (tertiary alicyclic amines) is 1. The maximum atomic E-state index is 11.1. The molecule has 1 heterocycles. The Morgan fingerprint density at radius 1 is 1.00 bits per heavy atom. The van der Waals surface area contributed by atoms with E-state index in [9.17, 15) is 4.79 Å². The van der Waals surface area contributed by atoms with Crippen LogP contribution >= 0.6 is 0 Å². The second kappa shape index (κ2) is 6.10. The highest BCUT2D eigenvalue weighted by Gasteiger charge is 2.34. The molecule has 2 aromatic rings. The molecule has 0 atom stereocenters. The van der Waals surface area contributed by atoms with Crippen molar-refractivity contribution >= 4 is 5.91 Å². The molecule has 1 aliphatic rings. The molecule has 0 aromatic heterocycles. The number of hydrogen-bond donors (Lipinski definition) is 1. The van der Waals surface area contributed by atoms with Gasteiger partial charge in [-0.15, -0.1) is 0 Å². The van der Waals surface area contributed by atoms with E-state index in [1.165, 1.54) is 11.1 Å². The van der Waals surface area contributed by atoms with Crippen molar-refractivity contribution < 1.29 is 4.79 Å². The first-order chi connectivity index (χ1) is 10.2. The molecule has 1 amide bonds. The van der Waals surface area contributed by atoms with Gasteiger partial charge in [-0.05, 0) is 11.1 Å². The smallest absolute Gasteiger partial charge is 0.217 e. The zero-order valence-corrected chi connectivity index (χ0v) is 12.2. The largest absolute Gasteiger partial charge is 0.351 e. The predicted octanol–water partition coefficient (Wildman–Crippen LogP) is 2.60. The van der Waals surface area contributed by atoms with E-state index in [2.05, 4.69) is 58.7 Å². The molecule has 0 aliphatic carbocycles. The molecular formula is C18H20N2O. The lowest BCUT2D eigenvalue weighted by Crippen LogP contribution is -2.59. The summed E-state index contributed by atoms with van der Waals surface area (Å²) in [6, 6.07) is 21.6. The number of carbonyl (C=O) groups excluding carboxylic acids is 1. The molecule has 0 bridgehead atoms. The van der Waals surface area contributed by atoms with Crippen LogP contribution < -0.4 is 5.32 Å². The topological polar surface area (TPSA) is 32.3 Å². The monoisotopic (exact) mass is 280 g/mol. The summed E-state index contributed by atoms with van der Waals surface area (Å²) in [5.41, 5.74) is 2.59. The van der Waals surface area contributed by atoms with Gasteiger partial charge in [0.15, 0.2) is 0 Å². The van der Waals surface area contributed by atoms with Gasteiger partial charge in [-0.3, -0.25) is 9.69 Å². The summed E-state index contributed by atoms with van der Waals surface area (Å²) in [7, 11) is 0. The Labute approximate surface area is 125 Å². The van der Waals surface area contributed by atoms with Crippen molar-refractivity contribution in [2.24, 2.45) is 0 Å². The van der Waals surface area contributed by atoms with Gasteiger partial charge in [0.05, 0.1) is 12.1 Å². The van der Waals surface area contributed by atoms with Gasteiger partial charge in [-0.2, -0.15) is 0 Å². The van der Waals surface area contributed by atoms with Crippen LogP contribution in [0.3, 0.4) is 0 Å². The van der Waals surface area contributed by atoms with Gasteiger partial charge >= 0.3 is 0 Å². The van der Waals surface area contributed by atoms with Crippen LogP contribution in [-0.4, -0.2) is 29.9 Å². The van der Waals surface area contributed by atoms with Crippen molar-refractivity contribution in [3.63, 3.8) is 0 Å². The minimum Gasteiger partial charge on any atom is -0.351 e. The Hall–Kier alpha value is -2.13. The van der Waals surface area contributed by atoms with E-state index >= 15 is 0 Å². The Balaban J connectivity index is 1.80. The highest BCUT2D eigenvalue weighted by atomic mass is 16.1. The minimum atomic E-state index is 0.0515. The summed E-state index contributed by atoms with van der Waals surface area (Å²) in [6.45, 7) is 3.37. The first-order valence-electron chi connectivity index (χ1n) is 7.35. The first-order valence-corrected chi connectivity index (χ1v) is 7.35. The molecule has 0 unspecified atom stereocenters. The molecule has 0 spiro atoms. The average molecular weight is 280 g/mol. The molecule has 1 saturated heterocycles. The number of hydrogen-bond acceptors (Lipinski definition) is 2. The van der Waals surface area contributed by atoms with Crippen LogP contribution in [0.4, 0.5) is 0 Å². The van der Waals surface area contributed by atoms with Crippen LogP contribution in [0.2, 0.25) is 0 Å². The van der Waals surface area contributed by atoms with E-state index in [1.807, 2.05) is 12.1 Å². The van der Waals surface area contributed by atoms with Crippen molar-refractivity contribution in [1.82, 2.24) is 10.2 Å². The maximum absolute atomic E-state index is 11.1. The Kier molecular flexibility index (Phi) is 4.02. The van der Waals surface area contributed by atoms with Crippen LogP contribution in [0.25, 0.3) is 0 Å². The maximum Gasteiger partial charge on any atom is 0.217 e. The standard InChI is InChI=1S/C18H20N2O/c1-14(21)19-17-12-20(13-17)18(15-8-4-2-5-9-15)16-10-6-3-7-11-16/h2-11,17-18H,12-13H2,1H3,(H,19,21). The van der Waals surface area contributed by atoms with E-state index in [0.717, 1.165) is 13.1 Å². The Morgan fingerprint density at radius 2 is 1.48 bits per heavy atom. The summed E-state index contributed by atoms with van der Waals surface area (Å²) in [4.78, 5) is 13.5. The highest BCUT2D eigenvalue weighted by molar-refractivity contribution is 5.73. The fourth-order valence-corrected chi connectivity index (χ4v) is 2.99. The van der Waals surface area contributed by atoms with Crippen molar-refractivity contribution in [2.75, 3.05) is 13.1 Å². The Bertz CT molecular complexity index is 552. The zero-order valence-electron chi connectivity index (χ0n) is 12.2. The lowest BCUT2D eigenvalue weighted by atomic mass is 9.93. The summed E-state index contributed by atoms with van der Waals surface area (Å²) in [6.07, 6.45) is 0. The molecule has 3 nitrogen and oxygen atoms in total. The third-order valence-corrected chi connectivity index (χ3v) is 3.91. The second-order valence-corrected chi connectivity index (χ2v) is 5.58. The van der Waals surface area contributed by atoms with Crippen molar-refractivity contribution in [3.05, 3.63) is 71.8 Å². The molecule has 1 N–H and O–H groups in total. The number of rotatable bonds is 4.